The van der Waals surface area contributed by atoms with E-state index >= 15 is 0 Å². The second kappa shape index (κ2) is 31.5. The molecule has 1 aliphatic rings. The lowest BCUT2D eigenvalue weighted by Gasteiger charge is -2.34. The van der Waals surface area contributed by atoms with Crippen LogP contribution in [0.4, 0.5) is 0 Å². The molecule has 88 heavy (non-hydrogen) atoms. The second-order valence-electron chi connectivity index (χ2n) is 20.0. The smallest absolute Gasteiger partial charge is 0.460 e. The lowest BCUT2D eigenvalue weighted by atomic mass is 10.1. The zero-order valence-electron chi connectivity index (χ0n) is 49.8. The maximum atomic E-state index is 12.8. The first-order valence-electron chi connectivity index (χ1n) is 27.8. The molecule has 0 saturated heterocycles. The molecule has 0 amide bonds. The van der Waals surface area contributed by atoms with Crippen molar-refractivity contribution in [2.75, 3.05) is 33.0 Å². The number of ether oxygens (including phenoxy) is 5. The molecule has 19 nitrogen and oxygen atoms in total. The van der Waals surface area contributed by atoms with E-state index in [4.69, 9.17) is 64.4 Å². The lowest BCUT2D eigenvalue weighted by Crippen LogP contribution is -2.14. The van der Waals surface area contributed by atoms with Crippen LogP contribution >= 0.6 is 23.0 Å². The first-order valence-corrected chi connectivity index (χ1v) is 32.4. The summed E-state index contributed by atoms with van der Waals surface area (Å²) in [6.45, 7) is 25.9. The highest BCUT2D eigenvalue weighted by Crippen LogP contribution is 2.79. The van der Waals surface area contributed by atoms with E-state index in [-0.39, 0.29) is 128 Å². The summed E-state index contributed by atoms with van der Waals surface area (Å²) in [6, 6.07) is 43.5. The van der Waals surface area contributed by atoms with Crippen LogP contribution in [0.1, 0.15) is 62.4 Å². The first-order chi connectivity index (χ1) is 42.2. The molecular formula is C66H70N3O16P3. The van der Waals surface area contributed by atoms with Crippen LogP contribution in [0.25, 0.3) is 0 Å². The highest BCUT2D eigenvalue weighted by molar-refractivity contribution is 7.79. The molecule has 1 unspecified atom stereocenters. The van der Waals surface area contributed by atoms with Gasteiger partial charge in [0.25, 0.3) is 0 Å². The summed E-state index contributed by atoms with van der Waals surface area (Å²) in [6.07, 6.45) is 0.593. The van der Waals surface area contributed by atoms with E-state index in [2.05, 4.69) is 32.9 Å². The molecule has 0 spiro atoms. The highest BCUT2D eigenvalue weighted by atomic mass is 31.3. The van der Waals surface area contributed by atoms with Crippen molar-refractivity contribution in [1.82, 2.24) is 0 Å². The van der Waals surface area contributed by atoms with Gasteiger partial charge < -0.3 is 50.8 Å². The Morgan fingerprint density at radius 1 is 0.295 bits per heavy atom. The van der Waals surface area contributed by atoms with Crippen molar-refractivity contribution in [3.05, 3.63) is 240 Å². The largest absolute Gasteiger partial charge is 0.462 e. The molecule has 7 rings (SSSR count). The minimum atomic E-state index is -4.72. The predicted molar refractivity (Wildman–Crippen MR) is 338 cm³/mol. The Bertz CT molecular complexity index is 3480. The third kappa shape index (κ3) is 19.2. The van der Waals surface area contributed by atoms with Crippen LogP contribution < -0.4 is 27.1 Å². The SMILES string of the molecule is C=C(C)C(=O)OCCc1ccccc1OP1(Oc2ccccc2)=NP(Oc2ccccc2CCOC(=O)C(=C)C)(Oc2ccccc2CCOC(=O)C(=C)C)=NP(Oc2ccccc2CCOC(=O)C(=C)C)(Oc2ccccc2CCOC(=O)C(=C)C)=N1. The maximum Gasteiger partial charge on any atom is 0.460 e. The molecule has 0 aliphatic carbocycles. The third-order valence-electron chi connectivity index (χ3n) is 12.4. The number of nitrogens with zero attached hydrogens (tertiary/aromatic N) is 3. The van der Waals surface area contributed by atoms with Crippen LogP contribution in [0, 0.1) is 0 Å². The van der Waals surface area contributed by atoms with E-state index in [1.54, 1.807) is 186 Å². The minimum Gasteiger partial charge on any atom is -0.462 e. The number of rotatable bonds is 32. The number of carbonyl (C=O) groups is 5. The van der Waals surface area contributed by atoms with Gasteiger partial charge in [0.1, 0.15) is 34.5 Å². The molecular weight excluding hydrogens is 1180 g/mol. The molecule has 0 saturated carbocycles. The van der Waals surface area contributed by atoms with Gasteiger partial charge in [-0.25, -0.2) is 24.0 Å². The van der Waals surface area contributed by atoms with Gasteiger partial charge in [0.05, 0.1) is 33.0 Å². The van der Waals surface area contributed by atoms with Gasteiger partial charge in [0.2, 0.25) is 0 Å². The fraction of sp³-hybridized carbons (Fsp3) is 0.227. The van der Waals surface area contributed by atoms with E-state index in [0.29, 0.717) is 27.8 Å². The second-order valence-corrected chi connectivity index (χ2v) is 26.2. The third-order valence-corrected chi connectivity index (χ3v) is 20.4. The Morgan fingerprint density at radius 3 is 0.705 bits per heavy atom. The zero-order valence-corrected chi connectivity index (χ0v) is 52.4. The Labute approximate surface area is 513 Å². The predicted octanol–water partition coefficient (Wildman–Crippen LogP) is 15.6. The van der Waals surface area contributed by atoms with Gasteiger partial charge in [0.15, 0.2) is 0 Å². The molecule has 6 aromatic carbocycles. The summed E-state index contributed by atoms with van der Waals surface area (Å²) in [5.41, 5.74) is 3.65. The number of para-hydroxylation sites is 6. The maximum absolute atomic E-state index is 12.8. The van der Waals surface area contributed by atoms with Crippen molar-refractivity contribution in [3.63, 3.8) is 0 Å². The quantitative estimate of drug-likeness (QED) is 0.0166. The van der Waals surface area contributed by atoms with Crippen LogP contribution in [-0.4, -0.2) is 62.9 Å². The molecule has 0 bridgehead atoms. The van der Waals surface area contributed by atoms with Crippen molar-refractivity contribution >= 4 is 52.8 Å². The molecule has 0 radical (unpaired) electrons. The van der Waals surface area contributed by atoms with E-state index in [1.807, 2.05) is 0 Å². The van der Waals surface area contributed by atoms with Crippen molar-refractivity contribution in [2.24, 2.45) is 13.5 Å². The fourth-order valence-corrected chi connectivity index (χ4v) is 17.2. The molecule has 1 atom stereocenters. The molecule has 0 fully saturated rings. The van der Waals surface area contributed by atoms with Crippen LogP contribution in [0.2, 0.25) is 0 Å². The summed E-state index contributed by atoms with van der Waals surface area (Å²) >= 11 is 0. The van der Waals surface area contributed by atoms with Crippen LogP contribution in [-0.2, 0) is 79.8 Å². The number of hydrogen-bond donors (Lipinski definition) is 0. The van der Waals surface area contributed by atoms with E-state index in [1.165, 1.54) is 0 Å². The van der Waals surface area contributed by atoms with Crippen molar-refractivity contribution in [2.45, 2.75) is 66.7 Å². The van der Waals surface area contributed by atoms with Gasteiger partial charge in [-0.2, -0.15) is 0 Å². The Hall–Kier alpha value is -9.14. The monoisotopic (exact) mass is 1250 g/mol. The van der Waals surface area contributed by atoms with Gasteiger partial charge in [-0.15, -0.1) is 0 Å². The average Bonchev–Trinajstić information content (AvgIpc) is 0.851. The summed E-state index contributed by atoms with van der Waals surface area (Å²) in [5, 5.41) is 0. The van der Waals surface area contributed by atoms with Crippen molar-refractivity contribution in [3.8, 4) is 34.5 Å². The molecule has 0 N–H and O–H groups in total. The van der Waals surface area contributed by atoms with Gasteiger partial charge in [-0.1, -0.05) is 156 Å². The lowest BCUT2D eigenvalue weighted by molar-refractivity contribution is -0.139. The normalized spacial score (nSPS) is 14.2. The van der Waals surface area contributed by atoms with Gasteiger partial charge in [-0.3, -0.25) is 0 Å². The van der Waals surface area contributed by atoms with Crippen LogP contribution in [0.3, 0.4) is 0 Å². The summed E-state index contributed by atoms with van der Waals surface area (Å²) in [4.78, 5) is 63.8. The molecule has 22 heteroatoms. The van der Waals surface area contributed by atoms with Crippen molar-refractivity contribution < 1.29 is 74.8 Å². The Balaban J connectivity index is 1.60. The summed E-state index contributed by atoms with van der Waals surface area (Å²) < 4.78 is 88.5. The fourth-order valence-electron chi connectivity index (χ4n) is 7.90. The minimum absolute atomic E-state index is 0.0825. The summed E-state index contributed by atoms with van der Waals surface area (Å²) in [7, 11) is -14.1. The van der Waals surface area contributed by atoms with Gasteiger partial charge in [-0.05, 0) is 105 Å². The molecule has 460 valence electrons. The standard InChI is InChI=1S/C66H70N3O16P3/c1-46(2)62(70)75-41-36-51-24-14-19-31-57(51)81-86(80-56-29-12-11-13-30-56)67-87(82-58-32-20-15-25-52(58)37-42-76-63(71)47(3)4,83-59-33-21-16-26-53(59)38-43-77-64(72)48(5)6)69-88(68-86,84-60-34-22-17-27-54(60)39-44-78-65(73)49(7)8)85-61-35-23-18-28-55(61)40-45-79-66(74)50(9)10/h11-35H,1,3,5,7,9,36-45H2,2,4,6,8,10H3. The number of benzene rings is 6. The summed E-state index contributed by atoms with van der Waals surface area (Å²) in [5.74, 6) is -1.91. The first kappa shape index (κ1) is 66.4. The van der Waals surface area contributed by atoms with Crippen LogP contribution in [0.5, 0.6) is 34.5 Å². The molecule has 0 aromatic heterocycles. The van der Waals surface area contributed by atoms with E-state index < -0.39 is 52.8 Å². The topological polar surface area (TPSA) is 224 Å². The number of carbonyl (C=O) groups excluding carboxylic acids is 5. The number of hydrogen-bond acceptors (Lipinski definition) is 19. The van der Waals surface area contributed by atoms with Gasteiger partial charge in [0, 0.05) is 60.0 Å². The van der Waals surface area contributed by atoms with Crippen molar-refractivity contribution in [1.29, 1.82) is 0 Å². The van der Waals surface area contributed by atoms with E-state index in [0.717, 1.165) is 0 Å². The Morgan fingerprint density at radius 2 is 0.489 bits per heavy atom. The molecule has 1 aliphatic heterocycles. The van der Waals surface area contributed by atoms with Crippen LogP contribution in [0.15, 0.2) is 226 Å². The average molecular weight is 1250 g/mol. The zero-order chi connectivity index (χ0) is 63.3. The Kier molecular flexibility index (Phi) is 23.8. The molecule has 6 aromatic rings. The van der Waals surface area contributed by atoms with Gasteiger partial charge >= 0.3 is 52.8 Å². The number of esters is 5. The highest BCUT2D eigenvalue weighted by Gasteiger charge is 2.50. The van der Waals surface area contributed by atoms with E-state index in [9.17, 15) is 24.0 Å². The molecule has 1 heterocycles.